The normalized spacial score (nSPS) is 15.6. The van der Waals surface area contributed by atoms with Crippen LogP contribution in [-0.2, 0) is 17.7 Å². The minimum absolute atomic E-state index is 0.0370. The number of nitro benzene ring substituents is 1. The Balaban J connectivity index is 1.52. The van der Waals surface area contributed by atoms with Crippen LogP contribution >= 0.6 is 0 Å². The Morgan fingerprint density at radius 2 is 1.90 bits per heavy atom. The van der Waals surface area contributed by atoms with E-state index in [1.54, 1.807) is 13.2 Å². The number of nitrogens with zero attached hydrogens (tertiary/aromatic N) is 2. The molecule has 1 unspecified atom stereocenters. The van der Waals surface area contributed by atoms with Crippen LogP contribution in [0.25, 0.3) is 11.3 Å². The first-order valence-electron chi connectivity index (χ1n) is 9.43. The van der Waals surface area contributed by atoms with Crippen LogP contribution in [0.1, 0.15) is 22.5 Å². The molecule has 2 heterocycles. The predicted octanol–water partition coefficient (Wildman–Crippen LogP) is 4.28. The Bertz CT molecular complexity index is 1060. The van der Waals surface area contributed by atoms with E-state index in [0.29, 0.717) is 5.69 Å². The standard InChI is InChI=1S/C22H21N3O4/c1-29-18-12-13-24-17(14-18)10-11-20(24)15-6-8-16(9-7-15)23-22(26)19-4-2-3-5-21(19)25(27)28/h2-11,18H,12-14H2,1H3,(H,23,26). The highest BCUT2D eigenvalue weighted by Crippen LogP contribution is 2.29. The molecule has 0 radical (unpaired) electrons. The highest BCUT2D eigenvalue weighted by Gasteiger charge is 2.21. The van der Waals surface area contributed by atoms with Gasteiger partial charge in [0.2, 0.25) is 0 Å². The van der Waals surface area contributed by atoms with Crippen molar-refractivity contribution in [3.63, 3.8) is 0 Å². The van der Waals surface area contributed by atoms with Crippen molar-refractivity contribution in [3.05, 3.63) is 82.0 Å². The van der Waals surface area contributed by atoms with Crippen molar-refractivity contribution in [2.45, 2.75) is 25.5 Å². The van der Waals surface area contributed by atoms with Crippen LogP contribution in [0.3, 0.4) is 0 Å². The molecule has 1 N–H and O–H groups in total. The third kappa shape index (κ3) is 3.77. The van der Waals surface area contributed by atoms with E-state index >= 15 is 0 Å². The third-order valence-corrected chi connectivity index (χ3v) is 5.30. The van der Waals surface area contributed by atoms with Crippen LogP contribution in [0, 0.1) is 10.1 Å². The van der Waals surface area contributed by atoms with Gasteiger partial charge >= 0.3 is 0 Å². The molecule has 148 valence electrons. The highest BCUT2D eigenvalue weighted by molar-refractivity contribution is 6.07. The zero-order valence-electron chi connectivity index (χ0n) is 16.0. The number of anilines is 1. The summed E-state index contributed by atoms with van der Waals surface area (Å²) >= 11 is 0. The molecule has 1 atom stereocenters. The van der Waals surface area contributed by atoms with E-state index in [1.165, 1.54) is 23.9 Å². The molecule has 29 heavy (non-hydrogen) atoms. The number of nitrogens with one attached hydrogen (secondary N) is 1. The van der Waals surface area contributed by atoms with Gasteiger partial charge in [-0.25, -0.2) is 0 Å². The van der Waals surface area contributed by atoms with Gasteiger partial charge in [-0.3, -0.25) is 14.9 Å². The maximum atomic E-state index is 12.5. The Hall–Kier alpha value is -3.45. The van der Waals surface area contributed by atoms with Crippen LogP contribution < -0.4 is 5.32 Å². The molecule has 7 nitrogen and oxygen atoms in total. The first-order chi connectivity index (χ1) is 14.1. The van der Waals surface area contributed by atoms with Gasteiger partial charge in [0.1, 0.15) is 5.56 Å². The van der Waals surface area contributed by atoms with Crippen molar-refractivity contribution in [2.24, 2.45) is 0 Å². The Morgan fingerprint density at radius 1 is 1.14 bits per heavy atom. The van der Waals surface area contributed by atoms with Gasteiger partial charge in [-0.1, -0.05) is 24.3 Å². The van der Waals surface area contributed by atoms with Gasteiger partial charge in [-0.2, -0.15) is 0 Å². The van der Waals surface area contributed by atoms with Gasteiger partial charge in [0, 0.05) is 43.2 Å². The summed E-state index contributed by atoms with van der Waals surface area (Å²) in [5.41, 5.74) is 3.85. The van der Waals surface area contributed by atoms with Crippen LogP contribution in [0.4, 0.5) is 11.4 Å². The fourth-order valence-corrected chi connectivity index (χ4v) is 3.76. The average Bonchev–Trinajstić information content (AvgIpc) is 3.17. The number of carbonyl (C=O) groups is 1. The fourth-order valence-electron chi connectivity index (χ4n) is 3.76. The summed E-state index contributed by atoms with van der Waals surface area (Å²) in [5.74, 6) is -0.504. The number of amides is 1. The monoisotopic (exact) mass is 391 g/mol. The molecular weight excluding hydrogens is 370 g/mol. The molecule has 0 saturated heterocycles. The van der Waals surface area contributed by atoms with Gasteiger partial charge in [0.15, 0.2) is 0 Å². The van der Waals surface area contributed by atoms with Crippen molar-refractivity contribution >= 4 is 17.3 Å². The lowest BCUT2D eigenvalue weighted by Crippen LogP contribution is -2.24. The lowest BCUT2D eigenvalue weighted by Gasteiger charge is -2.24. The van der Waals surface area contributed by atoms with Gasteiger partial charge in [0.05, 0.1) is 11.0 Å². The van der Waals surface area contributed by atoms with Gasteiger partial charge in [0.25, 0.3) is 11.6 Å². The molecule has 1 amide bonds. The zero-order chi connectivity index (χ0) is 20.4. The Morgan fingerprint density at radius 3 is 2.62 bits per heavy atom. The summed E-state index contributed by atoms with van der Waals surface area (Å²) in [4.78, 5) is 23.0. The van der Waals surface area contributed by atoms with Crippen LogP contribution in [0.15, 0.2) is 60.7 Å². The molecule has 0 bridgehead atoms. The van der Waals surface area contributed by atoms with E-state index in [4.69, 9.17) is 4.74 Å². The number of benzene rings is 2. The molecule has 0 aliphatic carbocycles. The second-order valence-electron chi connectivity index (χ2n) is 7.02. The van der Waals surface area contributed by atoms with Crippen LogP contribution in [-0.4, -0.2) is 28.6 Å². The zero-order valence-corrected chi connectivity index (χ0v) is 16.0. The van der Waals surface area contributed by atoms with Crippen LogP contribution in [0.5, 0.6) is 0 Å². The Kier molecular flexibility index (Phi) is 5.14. The van der Waals surface area contributed by atoms with Gasteiger partial charge < -0.3 is 14.6 Å². The van der Waals surface area contributed by atoms with Crippen molar-refractivity contribution in [2.75, 3.05) is 12.4 Å². The molecule has 1 aromatic heterocycles. The minimum Gasteiger partial charge on any atom is -0.381 e. The second-order valence-corrected chi connectivity index (χ2v) is 7.02. The topological polar surface area (TPSA) is 86.4 Å². The number of aromatic nitrogens is 1. The maximum absolute atomic E-state index is 12.5. The van der Waals surface area contributed by atoms with E-state index < -0.39 is 10.8 Å². The summed E-state index contributed by atoms with van der Waals surface area (Å²) in [6.07, 6.45) is 2.15. The van der Waals surface area contributed by atoms with E-state index in [0.717, 1.165) is 30.6 Å². The third-order valence-electron chi connectivity index (χ3n) is 5.30. The van der Waals surface area contributed by atoms with Crippen molar-refractivity contribution in [1.82, 2.24) is 4.57 Å². The smallest absolute Gasteiger partial charge is 0.282 e. The number of hydrogen-bond acceptors (Lipinski definition) is 4. The number of methoxy groups -OCH3 is 1. The quantitative estimate of drug-likeness (QED) is 0.520. The van der Waals surface area contributed by atoms with Crippen molar-refractivity contribution in [3.8, 4) is 11.3 Å². The maximum Gasteiger partial charge on any atom is 0.282 e. The predicted molar refractivity (Wildman–Crippen MR) is 110 cm³/mol. The summed E-state index contributed by atoms with van der Waals surface area (Å²) in [5, 5.41) is 13.9. The SMILES string of the molecule is COC1CCn2c(ccc2-c2ccc(NC(=O)c3ccccc3[N+](=O)[O-])cc2)C1. The number of ether oxygens (including phenoxy) is 1. The molecule has 1 aliphatic heterocycles. The lowest BCUT2D eigenvalue weighted by atomic mass is 10.1. The summed E-state index contributed by atoms with van der Waals surface area (Å²) in [7, 11) is 1.75. The summed E-state index contributed by atoms with van der Waals surface area (Å²) < 4.78 is 7.78. The van der Waals surface area contributed by atoms with E-state index in [2.05, 4.69) is 22.0 Å². The second kappa shape index (κ2) is 7.89. The van der Waals surface area contributed by atoms with Crippen molar-refractivity contribution in [1.29, 1.82) is 0 Å². The number of para-hydroxylation sites is 1. The fraction of sp³-hybridized carbons (Fsp3) is 0.227. The number of fused-ring (bicyclic) bond motifs is 1. The van der Waals surface area contributed by atoms with Gasteiger partial charge in [-0.05, 0) is 42.3 Å². The number of hydrogen-bond donors (Lipinski definition) is 1. The lowest BCUT2D eigenvalue weighted by molar-refractivity contribution is -0.385. The molecule has 1 aliphatic rings. The molecule has 0 spiro atoms. The van der Waals surface area contributed by atoms with Crippen LogP contribution in [0.2, 0.25) is 0 Å². The largest absolute Gasteiger partial charge is 0.381 e. The number of nitro groups is 1. The first-order valence-corrected chi connectivity index (χ1v) is 9.43. The molecule has 0 fully saturated rings. The van der Waals surface area contributed by atoms with Crippen molar-refractivity contribution < 1.29 is 14.5 Å². The van der Waals surface area contributed by atoms with E-state index in [-0.39, 0.29) is 17.4 Å². The minimum atomic E-state index is -0.554. The van der Waals surface area contributed by atoms with E-state index in [9.17, 15) is 14.9 Å². The molecule has 0 saturated carbocycles. The number of rotatable bonds is 5. The van der Waals surface area contributed by atoms with E-state index in [1.807, 2.05) is 24.3 Å². The summed E-state index contributed by atoms with van der Waals surface area (Å²) in [6, 6.07) is 17.7. The molecule has 4 rings (SSSR count). The average molecular weight is 391 g/mol. The summed E-state index contributed by atoms with van der Waals surface area (Å²) in [6.45, 7) is 0.909. The molecule has 7 heteroatoms. The Labute approximate surface area is 168 Å². The molecule has 3 aromatic rings. The number of carbonyl (C=O) groups excluding carboxylic acids is 1. The highest BCUT2D eigenvalue weighted by atomic mass is 16.6. The van der Waals surface area contributed by atoms with Gasteiger partial charge in [-0.15, -0.1) is 0 Å². The molecular formula is C22H21N3O4. The molecule has 2 aromatic carbocycles. The first kappa shape index (κ1) is 18.9.